The molecule has 1 amide bonds. The molecular weight excluding hydrogens is 332 g/mol. The summed E-state index contributed by atoms with van der Waals surface area (Å²) < 4.78 is 26.4. The Balaban J connectivity index is 2.07. The van der Waals surface area contributed by atoms with Crippen LogP contribution in [0.4, 0.5) is 14.5 Å². The number of halogens is 3. The number of alkyl halides is 2. The summed E-state index contributed by atoms with van der Waals surface area (Å²) in [5.41, 5.74) is 1.20. The molecule has 0 radical (unpaired) electrons. The van der Waals surface area contributed by atoms with Crippen molar-refractivity contribution in [2.45, 2.75) is 17.7 Å². The number of carbonyl (C=O) groups excluding carboxylic acids is 1. The first kappa shape index (κ1) is 16.8. The summed E-state index contributed by atoms with van der Waals surface area (Å²) >= 11 is 6.95. The van der Waals surface area contributed by atoms with E-state index in [1.807, 2.05) is 0 Å². The average Bonchev–Trinajstić information content (AvgIpc) is 2.83. The van der Waals surface area contributed by atoms with Gasteiger partial charge in [-0.15, -0.1) is 11.8 Å². The van der Waals surface area contributed by atoms with E-state index in [1.54, 1.807) is 42.3 Å². The van der Waals surface area contributed by atoms with Crippen molar-refractivity contribution in [1.82, 2.24) is 9.78 Å². The molecule has 4 nitrogen and oxygen atoms in total. The number of nitrogens with one attached hydrogen (secondary N) is 1. The van der Waals surface area contributed by atoms with E-state index in [4.69, 9.17) is 11.6 Å². The molecule has 0 aliphatic rings. The van der Waals surface area contributed by atoms with E-state index >= 15 is 0 Å². The lowest BCUT2D eigenvalue weighted by Crippen LogP contribution is -2.15. The smallest absolute Gasteiger partial charge is 0.247 e. The Morgan fingerprint density at radius 3 is 2.91 bits per heavy atom. The molecule has 0 saturated heterocycles. The number of aryl methyl sites for hydroxylation is 1. The normalized spacial score (nSPS) is 11.0. The van der Waals surface area contributed by atoms with Crippen molar-refractivity contribution in [3.8, 4) is 0 Å². The number of hydrogen-bond acceptors (Lipinski definition) is 3. The molecule has 0 aliphatic carbocycles. The predicted molar refractivity (Wildman–Crippen MR) is 83.7 cm³/mol. The lowest BCUT2D eigenvalue weighted by atomic mass is 10.2. The number of rotatable bonds is 6. The molecule has 0 saturated carbocycles. The number of anilines is 1. The van der Waals surface area contributed by atoms with E-state index in [0.29, 0.717) is 15.6 Å². The number of carbonyl (C=O) groups is 1. The van der Waals surface area contributed by atoms with E-state index in [2.05, 4.69) is 10.4 Å². The first-order chi connectivity index (χ1) is 10.5. The van der Waals surface area contributed by atoms with Crippen LogP contribution in [0.15, 0.2) is 35.5 Å². The summed E-state index contributed by atoms with van der Waals surface area (Å²) in [4.78, 5) is 12.5. The Labute approximate surface area is 135 Å². The number of amides is 1. The molecule has 8 heteroatoms. The number of benzene rings is 1. The zero-order valence-electron chi connectivity index (χ0n) is 11.7. The van der Waals surface area contributed by atoms with E-state index in [9.17, 15) is 13.6 Å². The van der Waals surface area contributed by atoms with E-state index < -0.39 is 6.43 Å². The molecule has 1 heterocycles. The molecule has 0 unspecified atom stereocenters. The van der Waals surface area contributed by atoms with Crippen LogP contribution in [0.2, 0.25) is 5.02 Å². The Bertz CT molecular complexity index is 663. The van der Waals surface area contributed by atoms with Gasteiger partial charge in [0.1, 0.15) is 0 Å². The lowest BCUT2D eigenvalue weighted by Gasteiger charge is -2.12. The van der Waals surface area contributed by atoms with Gasteiger partial charge in [-0.2, -0.15) is 5.10 Å². The molecule has 1 N–H and O–H groups in total. The van der Waals surface area contributed by atoms with Gasteiger partial charge in [0.15, 0.2) is 0 Å². The molecule has 2 rings (SSSR count). The fourth-order valence-electron chi connectivity index (χ4n) is 1.84. The Morgan fingerprint density at radius 1 is 1.50 bits per heavy atom. The third-order valence-corrected chi connectivity index (χ3v) is 4.29. The van der Waals surface area contributed by atoms with Crippen LogP contribution >= 0.6 is 23.4 Å². The monoisotopic (exact) mass is 345 g/mol. The third-order valence-electron chi connectivity index (χ3n) is 2.72. The summed E-state index contributed by atoms with van der Waals surface area (Å²) in [5.74, 6) is -0.635. The van der Waals surface area contributed by atoms with Crippen LogP contribution in [0.25, 0.3) is 0 Å². The van der Waals surface area contributed by atoms with Crippen molar-refractivity contribution < 1.29 is 13.6 Å². The maximum atomic E-state index is 12.4. The zero-order chi connectivity index (χ0) is 16.1. The Kier molecular flexibility index (Phi) is 5.79. The zero-order valence-corrected chi connectivity index (χ0v) is 13.3. The molecule has 0 bridgehead atoms. The van der Waals surface area contributed by atoms with Gasteiger partial charge in [0.25, 0.3) is 0 Å². The summed E-state index contributed by atoms with van der Waals surface area (Å²) in [6.07, 6.45) is 1.05. The average molecular weight is 346 g/mol. The van der Waals surface area contributed by atoms with Crippen LogP contribution in [-0.2, 0) is 18.3 Å². The standard InChI is InChI=1S/C14H14ClF2N3OS/c1-20-7-9(6-18-20)5-13(21)19-11-4-2-3-10(15)14(11)22-8-12(16)17/h2-4,6-7,12H,5,8H2,1H3,(H,19,21). The topological polar surface area (TPSA) is 46.9 Å². The van der Waals surface area contributed by atoms with Gasteiger partial charge in [0.05, 0.1) is 29.1 Å². The summed E-state index contributed by atoms with van der Waals surface area (Å²) in [5, 5.41) is 7.03. The van der Waals surface area contributed by atoms with Crippen molar-refractivity contribution in [3.05, 3.63) is 41.2 Å². The lowest BCUT2D eigenvalue weighted by molar-refractivity contribution is -0.115. The second kappa shape index (κ2) is 7.60. The van der Waals surface area contributed by atoms with Crippen LogP contribution in [0.1, 0.15) is 5.56 Å². The van der Waals surface area contributed by atoms with Gasteiger partial charge in [-0.3, -0.25) is 9.48 Å². The quantitative estimate of drug-likeness (QED) is 0.813. The second-order valence-electron chi connectivity index (χ2n) is 4.57. The summed E-state index contributed by atoms with van der Waals surface area (Å²) in [7, 11) is 1.76. The van der Waals surface area contributed by atoms with Crippen molar-refractivity contribution in [2.75, 3.05) is 11.1 Å². The molecular formula is C14H14ClF2N3OS. The highest BCUT2D eigenvalue weighted by Gasteiger charge is 2.14. The molecule has 0 fully saturated rings. The minimum atomic E-state index is -2.44. The highest BCUT2D eigenvalue weighted by atomic mass is 35.5. The summed E-state index contributed by atoms with van der Waals surface area (Å²) in [6.45, 7) is 0. The Hall–Kier alpha value is -1.60. The number of nitrogens with zero attached hydrogens (tertiary/aromatic N) is 2. The number of aromatic nitrogens is 2. The Morgan fingerprint density at radius 2 is 2.27 bits per heavy atom. The second-order valence-corrected chi connectivity index (χ2v) is 6.00. The third kappa shape index (κ3) is 4.71. The van der Waals surface area contributed by atoms with Gasteiger partial charge in [-0.1, -0.05) is 17.7 Å². The maximum absolute atomic E-state index is 12.4. The van der Waals surface area contributed by atoms with Crippen LogP contribution in [0, 0.1) is 0 Å². The van der Waals surface area contributed by atoms with Gasteiger partial charge in [0.2, 0.25) is 12.3 Å². The first-order valence-corrected chi connectivity index (χ1v) is 7.79. The molecule has 22 heavy (non-hydrogen) atoms. The minimum absolute atomic E-state index is 0.152. The van der Waals surface area contributed by atoms with Crippen LogP contribution < -0.4 is 5.32 Å². The van der Waals surface area contributed by atoms with Gasteiger partial charge < -0.3 is 5.32 Å². The maximum Gasteiger partial charge on any atom is 0.247 e. The van der Waals surface area contributed by atoms with Gasteiger partial charge in [0, 0.05) is 18.1 Å². The molecule has 0 atom stereocenters. The fraction of sp³-hybridized carbons (Fsp3) is 0.286. The minimum Gasteiger partial charge on any atom is -0.325 e. The number of thioether (sulfide) groups is 1. The summed E-state index contributed by atoms with van der Waals surface area (Å²) in [6, 6.07) is 4.90. The van der Waals surface area contributed by atoms with Crippen molar-refractivity contribution in [2.24, 2.45) is 7.05 Å². The molecule has 1 aromatic carbocycles. The molecule has 1 aromatic heterocycles. The highest BCUT2D eigenvalue weighted by Crippen LogP contribution is 2.35. The predicted octanol–water partition coefficient (Wildman–Crippen LogP) is 3.61. The van der Waals surface area contributed by atoms with Gasteiger partial charge >= 0.3 is 0 Å². The molecule has 0 aliphatic heterocycles. The van der Waals surface area contributed by atoms with Crippen molar-refractivity contribution >= 4 is 35.0 Å². The van der Waals surface area contributed by atoms with E-state index in [1.165, 1.54) is 0 Å². The van der Waals surface area contributed by atoms with Crippen LogP contribution in [0.3, 0.4) is 0 Å². The van der Waals surface area contributed by atoms with Crippen molar-refractivity contribution in [3.63, 3.8) is 0 Å². The molecule has 118 valence electrons. The van der Waals surface area contributed by atoms with Crippen LogP contribution in [-0.4, -0.2) is 27.9 Å². The molecule has 2 aromatic rings. The highest BCUT2D eigenvalue weighted by molar-refractivity contribution is 7.99. The van der Waals surface area contributed by atoms with Crippen molar-refractivity contribution in [1.29, 1.82) is 0 Å². The van der Waals surface area contributed by atoms with Crippen LogP contribution in [0.5, 0.6) is 0 Å². The van der Waals surface area contributed by atoms with E-state index in [0.717, 1.165) is 17.3 Å². The van der Waals surface area contributed by atoms with Gasteiger partial charge in [-0.05, 0) is 17.7 Å². The fourth-order valence-corrected chi connectivity index (χ4v) is 2.95. The first-order valence-electron chi connectivity index (χ1n) is 6.42. The number of hydrogen-bond donors (Lipinski definition) is 1. The largest absolute Gasteiger partial charge is 0.325 e. The SMILES string of the molecule is Cn1cc(CC(=O)Nc2cccc(Cl)c2SCC(F)F)cn1. The van der Waals surface area contributed by atoms with Gasteiger partial charge in [-0.25, -0.2) is 8.78 Å². The molecule has 0 spiro atoms. The van der Waals surface area contributed by atoms with E-state index in [-0.39, 0.29) is 18.1 Å².